The number of carbonyl (C=O) groups is 1. The summed E-state index contributed by atoms with van der Waals surface area (Å²) in [6, 6.07) is 0. The Morgan fingerprint density at radius 3 is 1.85 bits per heavy atom. The molecule has 0 amide bonds. The Morgan fingerprint density at radius 1 is 0.696 bits per heavy atom. The van der Waals surface area contributed by atoms with Crippen LogP contribution < -0.4 is 0 Å². The van der Waals surface area contributed by atoms with Gasteiger partial charge in [0.25, 0.3) is 0 Å². The average Bonchev–Trinajstić information content (AvgIpc) is 3.05. The molecule has 268 valence electrons. The molecule has 0 aromatic rings. The summed E-state index contributed by atoms with van der Waals surface area (Å²) in [7, 11) is 0. The summed E-state index contributed by atoms with van der Waals surface area (Å²) < 4.78 is 22.2. The lowest BCUT2D eigenvalue weighted by molar-refractivity contribution is -0.305. The van der Waals surface area contributed by atoms with Crippen molar-refractivity contribution in [3.05, 3.63) is 36.5 Å². The smallest absolute Gasteiger partial charge is 0.306 e. The third-order valence-electron chi connectivity index (χ3n) is 8.03. The number of hydrogen-bond acceptors (Lipinski definition) is 9. The number of aliphatic hydroxyl groups excluding tert-OH is 4. The second kappa shape index (κ2) is 29.5. The van der Waals surface area contributed by atoms with E-state index in [9.17, 15) is 25.2 Å². The topological polar surface area (TPSA) is 135 Å². The molecule has 0 radical (unpaired) electrons. The van der Waals surface area contributed by atoms with Crippen molar-refractivity contribution in [3.8, 4) is 0 Å². The molecule has 0 aromatic heterocycles. The van der Waals surface area contributed by atoms with E-state index < -0.39 is 43.4 Å². The second-order valence-electron chi connectivity index (χ2n) is 12.3. The minimum atomic E-state index is -1.53. The Hall–Kier alpha value is -1.59. The van der Waals surface area contributed by atoms with E-state index in [2.05, 4.69) is 43.4 Å². The van der Waals surface area contributed by atoms with Crippen LogP contribution in [-0.2, 0) is 23.7 Å². The maximum Gasteiger partial charge on any atom is 0.306 e. The van der Waals surface area contributed by atoms with Crippen LogP contribution in [-0.4, -0.2) is 89.6 Å². The van der Waals surface area contributed by atoms with Crippen LogP contribution in [0.2, 0.25) is 0 Å². The number of hydrogen-bond donors (Lipinski definition) is 4. The highest BCUT2D eigenvalue weighted by Gasteiger charge is 2.44. The van der Waals surface area contributed by atoms with Gasteiger partial charge in [0.2, 0.25) is 0 Å². The van der Waals surface area contributed by atoms with Crippen molar-refractivity contribution < 1.29 is 44.2 Å². The lowest BCUT2D eigenvalue weighted by Gasteiger charge is -2.39. The van der Waals surface area contributed by atoms with Crippen LogP contribution in [0.4, 0.5) is 0 Å². The molecule has 46 heavy (non-hydrogen) atoms. The van der Waals surface area contributed by atoms with Gasteiger partial charge in [-0.3, -0.25) is 4.79 Å². The normalized spacial score (nSPS) is 22.8. The number of ether oxygens (including phenoxy) is 4. The Kier molecular flexibility index (Phi) is 27.3. The van der Waals surface area contributed by atoms with Gasteiger partial charge >= 0.3 is 5.97 Å². The molecule has 6 unspecified atom stereocenters. The number of rotatable bonds is 29. The van der Waals surface area contributed by atoms with Gasteiger partial charge in [0.1, 0.15) is 30.5 Å². The molecule has 1 saturated heterocycles. The molecule has 4 N–H and O–H groups in total. The standard InChI is InChI=1S/C37H66O9/c1-3-5-6-7-8-9-10-11-12-13-14-15-16-17-18-19-20-21-22-23-24-25-27-43-29-31(45-33(39)26-4-2)30-44-37-36(42)35(41)34(40)32(28-38)46-37/h10-11,13-14,16-17,31-32,34-38,40-42H,3-9,12,15,18-30H2,1-2H3/b11-10-,14-13-,17-16-. The fourth-order valence-corrected chi connectivity index (χ4v) is 5.18. The molecule has 1 fully saturated rings. The van der Waals surface area contributed by atoms with Crippen molar-refractivity contribution in [3.63, 3.8) is 0 Å². The van der Waals surface area contributed by atoms with Crippen LogP contribution in [0.3, 0.4) is 0 Å². The van der Waals surface area contributed by atoms with E-state index in [0.29, 0.717) is 13.0 Å². The number of esters is 1. The SMILES string of the molecule is CCCCCCC/C=C\C/C=C\C/C=C\CCCCCCCCCOCC(COC1OC(CO)C(O)C(O)C1O)OC(=O)CCC. The molecule has 9 nitrogen and oxygen atoms in total. The second-order valence-corrected chi connectivity index (χ2v) is 12.3. The molecular formula is C37H66O9. The Bertz CT molecular complexity index is 798. The van der Waals surface area contributed by atoms with Gasteiger partial charge < -0.3 is 39.4 Å². The molecular weight excluding hydrogens is 588 g/mol. The zero-order valence-electron chi connectivity index (χ0n) is 28.8. The summed E-state index contributed by atoms with van der Waals surface area (Å²) >= 11 is 0. The van der Waals surface area contributed by atoms with E-state index in [1.165, 1.54) is 64.2 Å². The number of carbonyl (C=O) groups excluding carboxylic acids is 1. The minimum Gasteiger partial charge on any atom is -0.457 e. The summed E-state index contributed by atoms with van der Waals surface area (Å²) in [5.41, 5.74) is 0. The summed E-state index contributed by atoms with van der Waals surface area (Å²) in [6.45, 7) is 4.14. The maximum atomic E-state index is 12.1. The third kappa shape index (κ3) is 21.3. The highest BCUT2D eigenvalue weighted by atomic mass is 16.7. The maximum absolute atomic E-state index is 12.1. The van der Waals surface area contributed by atoms with Gasteiger partial charge in [-0.1, -0.05) is 108 Å². The summed E-state index contributed by atoms with van der Waals surface area (Å²) in [5.74, 6) is -0.372. The fraction of sp³-hybridized carbons (Fsp3) is 0.811. The molecule has 6 atom stereocenters. The minimum absolute atomic E-state index is 0.124. The summed E-state index contributed by atoms with van der Waals surface area (Å²) in [4.78, 5) is 12.1. The zero-order valence-corrected chi connectivity index (χ0v) is 28.8. The predicted octanol–water partition coefficient (Wildman–Crippen LogP) is 6.46. The van der Waals surface area contributed by atoms with Crippen LogP contribution in [0.25, 0.3) is 0 Å². The first-order chi connectivity index (χ1) is 22.4. The first-order valence-corrected chi connectivity index (χ1v) is 18.1. The van der Waals surface area contributed by atoms with Crippen molar-refractivity contribution in [2.24, 2.45) is 0 Å². The van der Waals surface area contributed by atoms with E-state index in [1.54, 1.807) is 0 Å². The predicted molar refractivity (Wildman–Crippen MR) is 182 cm³/mol. The monoisotopic (exact) mass is 654 g/mol. The van der Waals surface area contributed by atoms with Gasteiger partial charge in [-0.05, 0) is 51.4 Å². The third-order valence-corrected chi connectivity index (χ3v) is 8.03. The fourth-order valence-electron chi connectivity index (χ4n) is 5.18. The largest absolute Gasteiger partial charge is 0.457 e. The first kappa shape index (κ1) is 42.4. The van der Waals surface area contributed by atoms with E-state index in [1.807, 2.05) is 6.92 Å². The molecule has 1 rings (SSSR count). The van der Waals surface area contributed by atoms with E-state index in [-0.39, 0.29) is 25.6 Å². The lowest BCUT2D eigenvalue weighted by Crippen LogP contribution is -2.59. The highest BCUT2D eigenvalue weighted by molar-refractivity contribution is 5.69. The van der Waals surface area contributed by atoms with Gasteiger partial charge in [0.15, 0.2) is 6.29 Å². The van der Waals surface area contributed by atoms with Gasteiger partial charge in [0, 0.05) is 13.0 Å². The van der Waals surface area contributed by atoms with Crippen LogP contribution in [0.5, 0.6) is 0 Å². The summed E-state index contributed by atoms with van der Waals surface area (Å²) in [6.07, 6.45) is 26.2. The summed E-state index contributed by atoms with van der Waals surface area (Å²) in [5, 5.41) is 39.4. The van der Waals surface area contributed by atoms with E-state index in [4.69, 9.17) is 18.9 Å². The molecule has 0 aromatic carbocycles. The van der Waals surface area contributed by atoms with Gasteiger partial charge in [-0.2, -0.15) is 0 Å². The molecule has 1 heterocycles. The molecule has 0 aliphatic carbocycles. The first-order valence-electron chi connectivity index (χ1n) is 18.1. The Balaban J connectivity index is 2.08. The number of allylic oxidation sites excluding steroid dienone is 6. The molecule has 9 heteroatoms. The molecule has 0 saturated carbocycles. The van der Waals surface area contributed by atoms with E-state index in [0.717, 1.165) is 38.5 Å². The Morgan fingerprint density at radius 2 is 1.26 bits per heavy atom. The van der Waals surface area contributed by atoms with Crippen LogP contribution >= 0.6 is 0 Å². The number of aliphatic hydroxyl groups is 4. The lowest BCUT2D eigenvalue weighted by atomic mass is 9.99. The average molecular weight is 655 g/mol. The van der Waals surface area contributed by atoms with Crippen LogP contribution in [0.15, 0.2) is 36.5 Å². The molecule has 1 aliphatic rings. The van der Waals surface area contributed by atoms with E-state index >= 15 is 0 Å². The van der Waals surface area contributed by atoms with Crippen molar-refractivity contribution in [1.82, 2.24) is 0 Å². The zero-order chi connectivity index (χ0) is 33.7. The van der Waals surface area contributed by atoms with Crippen LogP contribution in [0, 0.1) is 0 Å². The van der Waals surface area contributed by atoms with Gasteiger partial charge in [-0.15, -0.1) is 0 Å². The van der Waals surface area contributed by atoms with Gasteiger partial charge in [-0.25, -0.2) is 0 Å². The molecule has 0 bridgehead atoms. The van der Waals surface area contributed by atoms with Crippen LogP contribution in [0.1, 0.15) is 129 Å². The molecule has 1 aliphatic heterocycles. The van der Waals surface area contributed by atoms with Crippen molar-refractivity contribution in [2.75, 3.05) is 26.4 Å². The van der Waals surface area contributed by atoms with Gasteiger partial charge in [0.05, 0.1) is 19.8 Å². The molecule has 0 spiro atoms. The van der Waals surface area contributed by atoms with Crippen molar-refractivity contribution in [2.45, 2.75) is 166 Å². The quantitative estimate of drug-likeness (QED) is 0.0407. The van der Waals surface area contributed by atoms with Crippen molar-refractivity contribution in [1.29, 1.82) is 0 Å². The Labute approximate surface area is 279 Å². The van der Waals surface area contributed by atoms with Crippen molar-refractivity contribution >= 4 is 5.97 Å². The highest BCUT2D eigenvalue weighted by Crippen LogP contribution is 2.22. The number of unbranched alkanes of at least 4 members (excludes halogenated alkanes) is 12.